The molecule has 1 fully saturated rings. The first-order valence-electron chi connectivity index (χ1n) is 9.86. The summed E-state index contributed by atoms with van der Waals surface area (Å²) in [5.74, 6) is -2.07. The van der Waals surface area contributed by atoms with Crippen LogP contribution in [0.25, 0.3) is 11.1 Å². The summed E-state index contributed by atoms with van der Waals surface area (Å²) in [5, 5.41) is 13.6. The second-order valence-electron chi connectivity index (χ2n) is 7.52. The number of carbonyl (C=O) groups is 2. The number of rotatable bonds is 4. The van der Waals surface area contributed by atoms with Gasteiger partial charge in [0, 0.05) is 25.2 Å². The van der Waals surface area contributed by atoms with Crippen molar-refractivity contribution in [2.45, 2.75) is 19.3 Å². The Bertz CT molecular complexity index is 1190. The molecule has 0 aliphatic carbocycles. The summed E-state index contributed by atoms with van der Waals surface area (Å²) in [6.07, 6.45) is 2.46. The average molecular weight is 424 g/mol. The van der Waals surface area contributed by atoms with Gasteiger partial charge in [0.15, 0.2) is 5.58 Å². The number of benzene rings is 2. The Morgan fingerprint density at radius 2 is 1.90 bits per heavy atom. The zero-order valence-electron chi connectivity index (χ0n) is 16.5. The summed E-state index contributed by atoms with van der Waals surface area (Å²) in [4.78, 5) is 50.8. The minimum absolute atomic E-state index is 0.0417. The van der Waals surface area contributed by atoms with Crippen LogP contribution in [0.4, 0.5) is 11.4 Å². The number of carbonyl (C=O) groups excluding carboxylic acids is 2. The van der Waals surface area contributed by atoms with Crippen molar-refractivity contribution >= 4 is 34.3 Å². The van der Waals surface area contributed by atoms with Crippen LogP contribution in [-0.2, 0) is 16.0 Å². The van der Waals surface area contributed by atoms with E-state index in [1.54, 1.807) is 0 Å². The van der Waals surface area contributed by atoms with Gasteiger partial charge in [-0.1, -0.05) is 30.3 Å². The van der Waals surface area contributed by atoms with Crippen molar-refractivity contribution in [3.8, 4) is 0 Å². The largest absolute Gasteiger partial charge is 0.417 e. The zero-order valence-corrected chi connectivity index (χ0v) is 16.5. The lowest BCUT2D eigenvalue weighted by molar-refractivity contribution is -0.383. The van der Waals surface area contributed by atoms with Crippen LogP contribution in [0, 0.1) is 16.0 Å². The number of fused-ring (bicyclic) bond motifs is 1. The third kappa shape index (κ3) is 4.47. The van der Waals surface area contributed by atoms with E-state index in [2.05, 4.69) is 22.4 Å². The van der Waals surface area contributed by atoms with Gasteiger partial charge in [0.25, 0.3) is 5.69 Å². The molecular formula is C21H20N4O6. The lowest BCUT2D eigenvalue weighted by Crippen LogP contribution is -2.44. The molecule has 2 heterocycles. The van der Waals surface area contributed by atoms with Gasteiger partial charge in [-0.05, 0) is 30.7 Å². The van der Waals surface area contributed by atoms with Gasteiger partial charge in [0.05, 0.1) is 10.4 Å². The maximum atomic E-state index is 12.6. The number of nitro groups is 1. The summed E-state index contributed by atoms with van der Waals surface area (Å²) in [6.45, 7) is 0.884. The number of aromatic nitrogens is 1. The topological polar surface area (TPSA) is 139 Å². The Morgan fingerprint density at radius 3 is 2.58 bits per heavy atom. The molecule has 4 rings (SSSR count). The summed E-state index contributed by atoms with van der Waals surface area (Å²) < 4.78 is 4.88. The Labute approximate surface area is 176 Å². The fourth-order valence-electron chi connectivity index (χ4n) is 3.84. The van der Waals surface area contributed by atoms with Crippen molar-refractivity contribution in [3.05, 3.63) is 68.7 Å². The summed E-state index contributed by atoms with van der Waals surface area (Å²) in [7, 11) is 0. The molecule has 2 aromatic carbocycles. The van der Waals surface area contributed by atoms with Crippen LogP contribution in [0.15, 0.2) is 51.7 Å². The van der Waals surface area contributed by atoms with Gasteiger partial charge in [-0.15, -0.1) is 0 Å². The Kier molecular flexibility index (Phi) is 5.52. The monoisotopic (exact) mass is 424 g/mol. The predicted octanol–water partition coefficient (Wildman–Crippen LogP) is 2.45. The van der Waals surface area contributed by atoms with E-state index < -0.39 is 28.2 Å². The molecule has 0 unspecified atom stereocenters. The fourth-order valence-corrected chi connectivity index (χ4v) is 3.84. The third-order valence-electron chi connectivity index (χ3n) is 5.45. The number of nitro benzene ring substituents is 1. The maximum absolute atomic E-state index is 12.6. The number of oxazole rings is 1. The highest BCUT2D eigenvalue weighted by Crippen LogP contribution is 2.29. The summed E-state index contributed by atoms with van der Waals surface area (Å²) in [5.41, 5.74) is 0.746. The minimum atomic E-state index is -0.971. The molecule has 160 valence electrons. The second kappa shape index (κ2) is 8.42. The summed E-state index contributed by atoms with van der Waals surface area (Å²) in [6, 6.07) is 12.3. The van der Waals surface area contributed by atoms with Crippen molar-refractivity contribution in [2.75, 3.05) is 18.4 Å². The highest BCUT2D eigenvalue weighted by atomic mass is 16.6. The minimum Gasteiger partial charge on any atom is -0.408 e. The molecular weight excluding hydrogens is 404 g/mol. The smallest absolute Gasteiger partial charge is 0.408 e. The van der Waals surface area contributed by atoms with Crippen LogP contribution in [0.2, 0.25) is 0 Å². The number of likely N-dealkylation sites (tertiary alicyclic amines) is 1. The van der Waals surface area contributed by atoms with Crippen LogP contribution in [0.1, 0.15) is 18.4 Å². The van der Waals surface area contributed by atoms with Gasteiger partial charge in [-0.25, -0.2) is 4.79 Å². The van der Waals surface area contributed by atoms with E-state index in [4.69, 9.17) is 4.42 Å². The van der Waals surface area contributed by atoms with Crippen LogP contribution in [0.5, 0.6) is 0 Å². The number of H-pyrrole nitrogens is 1. The number of amides is 2. The van der Waals surface area contributed by atoms with Gasteiger partial charge < -0.3 is 14.6 Å². The van der Waals surface area contributed by atoms with Gasteiger partial charge in [0.2, 0.25) is 0 Å². The Balaban J connectivity index is 1.41. The SMILES string of the molecule is O=C(Nc1cc2oc(=O)[nH]c2cc1[N+](=O)[O-])C(=O)N1CCC(Cc2ccccc2)CC1. The molecule has 0 spiro atoms. The molecule has 0 saturated carbocycles. The molecule has 0 atom stereocenters. The van der Waals surface area contributed by atoms with Crippen LogP contribution in [0.3, 0.4) is 0 Å². The number of nitrogens with one attached hydrogen (secondary N) is 2. The van der Waals surface area contributed by atoms with Crippen LogP contribution >= 0.6 is 0 Å². The first-order chi connectivity index (χ1) is 14.9. The van der Waals surface area contributed by atoms with Crippen molar-refractivity contribution in [2.24, 2.45) is 5.92 Å². The lowest BCUT2D eigenvalue weighted by Gasteiger charge is -2.31. The zero-order chi connectivity index (χ0) is 22.0. The highest BCUT2D eigenvalue weighted by Gasteiger charge is 2.29. The van der Waals surface area contributed by atoms with E-state index in [1.165, 1.54) is 10.5 Å². The van der Waals surface area contributed by atoms with Crippen molar-refractivity contribution in [3.63, 3.8) is 0 Å². The van der Waals surface area contributed by atoms with E-state index in [9.17, 15) is 24.5 Å². The molecule has 31 heavy (non-hydrogen) atoms. The summed E-state index contributed by atoms with van der Waals surface area (Å²) >= 11 is 0. The van der Waals surface area contributed by atoms with Gasteiger partial charge in [-0.3, -0.25) is 24.7 Å². The average Bonchev–Trinajstić information content (AvgIpc) is 3.12. The highest BCUT2D eigenvalue weighted by molar-refractivity contribution is 6.39. The van der Waals surface area contributed by atoms with E-state index >= 15 is 0 Å². The molecule has 0 bridgehead atoms. The predicted molar refractivity (Wildman–Crippen MR) is 112 cm³/mol. The molecule has 2 amide bonds. The first-order valence-corrected chi connectivity index (χ1v) is 9.86. The van der Waals surface area contributed by atoms with Crippen molar-refractivity contribution in [1.82, 2.24) is 9.88 Å². The quantitative estimate of drug-likeness (QED) is 0.375. The maximum Gasteiger partial charge on any atom is 0.417 e. The number of hydrogen-bond donors (Lipinski definition) is 2. The van der Waals surface area contributed by atoms with E-state index in [0.717, 1.165) is 31.4 Å². The van der Waals surface area contributed by atoms with Crippen molar-refractivity contribution < 1.29 is 18.9 Å². The van der Waals surface area contributed by atoms with Crippen molar-refractivity contribution in [1.29, 1.82) is 0 Å². The molecule has 1 saturated heterocycles. The number of nitrogens with zero attached hydrogens (tertiary/aromatic N) is 2. The van der Waals surface area contributed by atoms with Crippen LogP contribution in [-0.4, -0.2) is 39.7 Å². The third-order valence-corrected chi connectivity index (χ3v) is 5.45. The van der Waals surface area contributed by atoms with E-state index in [-0.39, 0.29) is 16.8 Å². The van der Waals surface area contributed by atoms with Gasteiger partial charge >= 0.3 is 17.6 Å². The molecule has 2 N–H and O–H groups in total. The van der Waals surface area contributed by atoms with Gasteiger partial charge in [-0.2, -0.15) is 0 Å². The lowest BCUT2D eigenvalue weighted by atomic mass is 9.90. The van der Waals surface area contributed by atoms with E-state index in [0.29, 0.717) is 19.0 Å². The molecule has 0 radical (unpaired) electrons. The molecule has 10 nitrogen and oxygen atoms in total. The fraction of sp³-hybridized carbons (Fsp3) is 0.286. The number of piperidine rings is 1. The molecule has 1 aromatic heterocycles. The molecule has 1 aliphatic heterocycles. The molecule has 1 aliphatic rings. The number of hydrogen-bond acceptors (Lipinski definition) is 6. The standard InChI is InChI=1S/C21H20N4O6/c26-19(22-15-12-18-16(23-21(28)31-18)11-17(15)25(29)30)20(27)24-8-6-14(7-9-24)10-13-4-2-1-3-5-13/h1-5,11-12,14H,6-10H2,(H,22,26)(H,23,28). The number of aromatic amines is 1. The molecule has 3 aromatic rings. The Morgan fingerprint density at radius 1 is 1.19 bits per heavy atom. The van der Waals surface area contributed by atoms with Crippen LogP contribution < -0.4 is 11.1 Å². The molecule has 10 heteroatoms. The second-order valence-corrected chi connectivity index (χ2v) is 7.52. The normalized spacial score (nSPS) is 14.5. The number of anilines is 1. The van der Waals surface area contributed by atoms with E-state index in [1.807, 2.05) is 18.2 Å². The Hall–Kier alpha value is -3.95. The van der Waals surface area contributed by atoms with Gasteiger partial charge in [0.1, 0.15) is 5.69 Å². The first kappa shape index (κ1) is 20.3.